The lowest BCUT2D eigenvalue weighted by atomic mass is 10.1. The van der Waals surface area contributed by atoms with Crippen LogP contribution < -0.4 is 0 Å². The van der Waals surface area contributed by atoms with E-state index >= 15 is 0 Å². The smallest absolute Gasteiger partial charge is 0.163 e. The van der Waals surface area contributed by atoms with E-state index in [1.807, 2.05) is 11.7 Å². The SMILES string of the molecule is CCc1nn(C)cc1CN1CCO[C@@H](c2nncn2CC)C1. The molecule has 0 amide bonds. The standard InChI is InChI=1S/C15H24N6O/c1-4-13-12(8-19(3)18-13)9-20-6-7-22-14(10-20)15-17-16-11-21(15)5-2/h8,11,14H,4-7,9-10H2,1-3H3/t14-/m1/s1. The van der Waals surface area contributed by atoms with E-state index in [0.29, 0.717) is 0 Å². The normalized spacial score (nSPS) is 19.7. The van der Waals surface area contributed by atoms with Gasteiger partial charge in [0.25, 0.3) is 0 Å². The minimum absolute atomic E-state index is 0.00190. The zero-order valence-electron chi connectivity index (χ0n) is 13.6. The zero-order valence-corrected chi connectivity index (χ0v) is 13.6. The quantitative estimate of drug-likeness (QED) is 0.830. The maximum absolute atomic E-state index is 5.91. The lowest BCUT2D eigenvalue weighted by molar-refractivity contribution is -0.0389. The summed E-state index contributed by atoms with van der Waals surface area (Å²) in [6.07, 6.45) is 4.86. The van der Waals surface area contributed by atoms with Crippen molar-refractivity contribution in [1.82, 2.24) is 29.4 Å². The first kappa shape index (κ1) is 15.2. The van der Waals surface area contributed by atoms with Crippen molar-refractivity contribution in [3.05, 3.63) is 29.6 Å². The van der Waals surface area contributed by atoms with Crippen molar-refractivity contribution in [2.75, 3.05) is 19.7 Å². The zero-order chi connectivity index (χ0) is 15.5. The summed E-state index contributed by atoms with van der Waals surface area (Å²) < 4.78 is 9.86. The Kier molecular flexibility index (Phi) is 4.54. The summed E-state index contributed by atoms with van der Waals surface area (Å²) >= 11 is 0. The van der Waals surface area contributed by atoms with E-state index in [0.717, 1.165) is 45.0 Å². The molecule has 0 saturated carbocycles. The third kappa shape index (κ3) is 3.05. The second-order valence-electron chi connectivity index (χ2n) is 5.70. The molecular weight excluding hydrogens is 280 g/mol. The van der Waals surface area contributed by atoms with Crippen LogP contribution in [0.2, 0.25) is 0 Å². The molecule has 7 nitrogen and oxygen atoms in total. The molecule has 120 valence electrons. The third-order valence-corrected chi connectivity index (χ3v) is 4.15. The summed E-state index contributed by atoms with van der Waals surface area (Å²) in [4.78, 5) is 2.42. The topological polar surface area (TPSA) is 61.0 Å². The molecule has 0 aromatic carbocycles. The maximum atomic E-state index is 5.91. The Bertz CT molecular complexity index is 619. The van der Waals surface area contributed by atoms with Gasteiger partial charge in [-0.05, 0) is 13.3 Å². The van der Waals surface area contributed by atoms with Crippen LogP contribution >= 0.6 is 0 Å². The van der Waals surface area contributed by atoms with Crippen LogP contribution in [0.1, 0.15) is 37.0 Å². The summed E-state index contributed by atoms with van der Waals surface area (Å²) in [7, 11) is 1.98. The van der Waals surface area contributed by atoms with Crippen molar-refractivity contribution in [1.29, 1.82) is 0 Å². The molecular formula is C15H24N6O. The highest BCUT2D eigenvalue weighted by Gasteiger charge is 2.26. The van der Waals surface area contributed by atoms with Gasteiger partial charge in [0, 0.05) is 45.0 Å². The Hall–Kier alpha value is -1.73. The average Bonchev–Trinajstić information content (AvgIpc) is 3.13. The Balaban J connectivity index is 1.70. The molecule has 0 bridgehead atoms. The predicted octanol–water partition coefficient (Wildman–Crippen LogP) is 1.17. The van der Waals surface area contributed by atoms with E-state index in [1.165, 1.54) is 11.3 Å². The number of nitrogens with zero attached hydrogens (tertiary/aromatic N) is 6. The van der Waals surface area contributed by atoms with E-state index in [-0.39, 0.29) is 6.10 Å². The fraction of sp³-hybridized carbons (Fsp3) is 0.667. The molecule has 1 atom stereocenters. The van der Waals surface area contributed by atoms with Crippen molar-refractivity contribution in [2.45, 2.75) is 39.5 Å². The molecule has 1 aliphatic rings. The minimum atomic E-state index is -0.00190. The van der Waals surface area contributed by atoms with Crippen LogP contribution in [0.4, 0.5) is 0 Å². The van der Waals surface area contributed by atoms with Crippen molar-refractivity contribution < 1.29 is 4.74 Å². The predicted molar refractivity (Wildman–Crippen MR) is 82.3 cm³/mol. The molecule has 0 unspecified atom stereocenters. The number of rotatable bonds is 5. The van der Waals surface area contributed by atoms with Gasteiger partial charge in [-0.25, -0.2) is 0 Å². The van der Waals surface area contributed by atoms with E-state index < -0.39 is 0 Å². The fourth-order valence-corrected chi connectivity index (χ4v) is 3.01. The van der Waals surface area contributed by atoms with Gasteiger partial charge < -0.3 is 9.30 Å². The van der Waals surface area contributed by atoms with Crippen molar-refractivity contribution in [3.8, 4) is 0 Å². The first-order valence-electron chi connectivity index (χ1n) is 7.94. The van der Waals surface area contributed by atoms with Crippen LogP contribution in [0.15, 0.2) is 12.5 Å². The van der Waals surface area contributed by atoms with E-state index in [1.54, 1.807) is 6.33 Å². The van der Waals surface area contributed by atoms with Crippen LogP contribution in [-0.2, 0) is 31.3 Å². The number of aryl methyl sites for hydroxylation is 3. The summed E-state index contributed by atoms with van der Waals surface area (Å²) in [6.45, 7) is 8.53. The monoisotopic (exact) mass is 304 g/mol. The molecule has 1 aliphatic heterocycles. The fourth-order valence-electron chi connectivity index (χ4n) is 3.01. The molecule has 0 spiro atoms. The minimum Gasteiger partial charge on any atom is -0.368 e. The molecule has 3 heterocycles. The highest BCUT2D eigenvalue weighted by Crippen LogP contribution is 2.22. The average molecular weight is 304 g/mol. The molecule has 1 saturated heterocycles. The summed E-state index contributed by atoms with van der Waals surface area (Å²) in [5.74, 6) is 0.925. The lowest BCUT2D eigenvalue weighted by Gasteiger charge is -2.32. The molecule has 2 aromatic rings. The van der Waals surface area contributed by atoms with Gasteiger partial charge in [0.2, 0.25) is 0 Å². The third-order valence-electron chi connectivity index (χ3n) is 4.15. The number of ether oxygens (including phenoxy) is 1. The van der Waals surface area contributed by atoms with Gasteiger partial charge in [0.05, 0.1) is 12.3 Å². The largest absolute Gasteiger partial charge is 0.368 e. The first-order valence-corrected chi connectivity index (χ1v) is 7.94. The van der Waals surface area contributed by atoms with Crippen molar-refractivity contribution in [2.24, 2.45) is 7.05 Å². The van der Waals surface area contributed by atoms with Crippen LogP contribution in [0.5, 0.6) is 0 Å². The van der Waals surface area contributed by atoms with Crippen LogP contribution in [0.3, 0.4) is 0 Å². The second-order valence-corrected chi connectivity index (χ2v) is 5.70. The molecule has 2 aromatic heterocycles. The van der Waals surface area contributed by atoms with Gasteiger partial charge in [-0.3, -0.25) is 9.58 Å². The number of hydrogen-bond donors (Lipinski definition) is 0. The highest BCUT2D eigenvalue weighted by molar-refractivity contribution is 5.17. The summed E-state index contributed by atoms with van der Waals surface area (Å²) in [5, 5.41) is 12.8. The van der Waals surface area contributed by atoms with Crippen LogP contribution in [0.25, 0.3) is 0 Å². The summed E-state index contributed by atoms with van der Waals surface area (Å²) in [5.41, 5.74) is 2.49. The van der Waals surface area contributed by atoms with Crippen LogP contribution in [0, 0.1) is 0 Å². The van der Waals surface area contributed by atoms with Crippen LogP contribution in [-0.4, -0.2) is 49.1 Å². The lowest BCUT2D eigenvalue weighted by Crippen LogP contribution is -2.38. The summed E-state index contributed by atoms with van der Waals surface area (Å²) in [6, 6.07) is 0. The van der Waals surface area contributed by atoms with E-state index in [9.17, 15) is 0 Å². The Labute approximate surface area is 130 Å². The van der Waals surface area contributed by atoms with Gasteiger partial charge in [0.1, 0.15) is 12.4 Å². The van der Waals surface area contributed by atoms with Gasteiger partial charge >= 0.3 is 0 Å². The second kappa shape index (κ2) is 6.58. The Morgan fingerprint density at radius 2 is 2.23 bits per heavy atom. The molecule has 3 rings (SSSR count). The first-order chi connectivity index (χ1) is 10.7. The molecule has 0 N–H and O–H groups in total. The molecule has 0 radical (unpaired) electrons. The number of hydrogen-bond acceptors (Lipinski definition) is 5. The van der Waals surface area contributed by atoms with E-state index in [2.05, 4.69) is 44.8 Å². The van der Waals surface area contributed by atoms with Gasteiger partial charge in [0.15, 0.2) is 5.82 Å². The van der Waals surface area contributed by atoms with E-state index in [4.69, 9.17) is 4.74 Å². The maximum Gasteiger partial charge on any atom is 0.163 e. The highest BCUT2D eigenvalue weighted by atomic mass is 16.5. The van der Waals surface area contributed by atoms with Gasteiger partial charge in [-0.2, -0.15) is 5.10 Å². The number of morpholine rings is 1. The van der Waals surface area contributed by atoms with Crippen molar-refractivity contribution >= 4 is 0 Å². The number of aromatic nitrogens is 5. The Morgan fingerprint density at radius 1 is 1.36 bits per heavy atom. The molecule has 1 fully saturated rings. The Morgan fingerprint density at radius 3 is 3.00 bits per heavy atom. The molecule has 0 aliphatic carbocycles. The van der Waals surface area contributed by atoms with Gasteiger partial charge in [-0.15, -0.1) is 10.2 Å². The van der Waals surface area contributed by atoms with Crippen molar-refractivity contribution in [3.63, 3.8) is 0 Å². The van der Waals surface area contributed by atoms with Gasteiger partial charge in [-0.1, -0.05) is 6.92 Å². The molecule has 22 heavy (non-hydrogen) atoms. The molecule has 7 heteroatoms.